The van der Waals surface area contributed by atoms with Crippen molar-refractivity contribution in [3.63, 3.8) is 0 Å². The number of ether oxygens (including phenoxy) is 1. The van der Waals surface area contributed by atoms with Crippen LogP contribution in [0.3, 0.4) is 0 Å². The van der Waals surface area contributed by atoms with E-state index >= 15 is 0 Å². The smallest absolute Gasteiger partial charge is 0.0483 e. The van der Waals surface area contributed by atoms with Crippen molar-refractivity contribution in [3.05, 3.63) is 13.2 Å². The topological polar surface area (TPSA) is 12.5 Å². The van der Waals surface area contributed by atoms with E-state index in [0.717, 1.165) is 19.1 Å². The average Bonchev–Trinajstić information content (AvgIpc) is 2.52. The minimum atomic E-state index is 0.498. The molecule has 0 bridgehead atoms. The summed E-state index contributed by atoms with van der Waals surface area (Å²) in [7, 11) is 2.27. The van der Waals surface area contributed by atoms with Gasteiger partial charge >= 0.3 is 0 Å². The summed E-state index contributed by atoms with van der Waals surface area (Å²) in [5.74, 6) is 0.867. The Morgan fingerprint density at radius 3 is 2.29 bits per heavy atom. The third-order valence-electron chi connectivity index (χ3n) is 3.93. The number of rotatable bonds is 0. The first-order chi connectivity index (χ1) is 6.76. The van der Waals surface area contributed by atoms with Gasteiger partial charge in [-0.1, -0.05) is 6.92 Å². The van der Waals surface area contributed by atoms with Crippen LogP contribution < -0.4 is 0 Å². The van der Waals surface area contributed by atoms with Crippen LogP contribution in [-0.2, 0) is 4.74 Å². The molecule has 2 rings (SSSR count). The van der Waals surface area contributed by atoms with E-state index in [0.29, 0.717) is 5.54 Å². The fourth-order valence-electron chi connectivity index (χ4n) is 2.85. The van der Waals surface area contributed by atoms with Crippen molar-refractivity contribution < 1.29 is 4.74 Å². The normalized spacial score (nSPS) is 31.1. The minimum absolute atomic E-state index is 0.498. The van der Waals surface area contributed by atoms with Gasteiger partial charge in [-0.25, -0.2) is 0 Å². The van der Waals surface area contributed by atoms with Gasteiger partial charge < -0.3 is 9.64 Å². The molecular formula is C12H23NO. The van der Waals surface area contributed by atoms with Crippen LogP contribution in [0.25, 0.3) is 0 Å². The van der Waals surface area contributed by atoms with Crippen LogP contribution in [0.1, 0.15) is 26.2 Å². The lowest BCUT2D eigenvalue weighted by atomic mass is 9.80. The van der Waals surface area contributed by atoms with Gasteiger partial charge in [-0.05, 0) is 38.8 Å². The number of hydrogen-bond acceptors (Lipinski definition) is 2. The molecular weight excluding hydrogens is 174 g/mol. The molecule has 0 N–H and O–H groups in total. The molecule has 2 aliphatic rings. The highest BCUT2D eigenvalue weighted by atomic mass is 16.5. The third kappa shape index (κ3) is 1.86. The molecule has 82 valence electrons. The summed E-state index contributed by atoms with van der Waals surface area (Å²) in [6.07, 6.45) is 3.85. The van der Waals surface area contributed by atoms with E-state index in [1.54, 1.807) is 0 Å². The lowest BCUT2D eigenvalue weighted by molar-refractivity contribution is -0.0153. The summed E-state index contributed by atoms with van der Waals surface area (Å²) in [6.45, 7) is 11.6. The SMILES string of the molecule is C=C.CC1CCN(C)C12CCOCC2. The van der Waals surface area contributed by atoms with E-state index in [-0.39, 0.29) is 0 Å². The lowest BCUT2D eigenvalue weighted by Crippen LogP contribution is -2.49. The number of likely N-dealkylation sites (tertiary alicyclic amines) is 1. The molecule has 0 aromatic heterocycles. The van der Waals surface area contributed by atoms with Crippen LogP contribution in [0, 0.1) is 5.92 Å². The van der Waals surface area contributed by atoms with Crippen LogP contribution in [-0.4, -0.2) is 37.2 Å². The molecule has 0 radical (unpaired) electrons. The lowest BCUT2D eigenvalue weighted by Gasteiger charge is -2.42. The molecule has 0 amide bonds. The second-order valence-corrected chi connectivity index (χ2v) is 4.33. The van der Waals surface area contributed by atoms with E-state index in [1.165, 1.54) is 25.8 Å². The molecule has 2 nitrogen and oxygen atoms in total. The van der Waals surface area contributed by atoms with Crippen molar-refractivity contribution in [2.45, 2.75) is 31.7 Å². The molecule has 0 aromatic carbocycles. The van der Waals surface area contributed by atoms with E-state index in [9.17, 15) is 0 Å². The quantitative estimate of drug-likeness (QED) is 0.553. The Hall–Kier alpha value is -0.340. The van der Waals surface area contributed by atoms with Crippen molar-refractivity contribution in [3.8, 4) is 0 Å². The second-order valence-electron chi connectivity index (χ2n) is 4.33. The molecule has 1 spiro atoms. The molecule has 2 heterocycles. The Labute approximate surface area is 87.9 Å². The zero-order chi connectivity index (χ0) is 10.6. The summed E-state index contributed by atoms with van der Waals surface area (Å²) in [6, 6.07) is 0. The van der Waals surface area contributed by atoms with Crippen LogP contribution in [0.2, 0.25) is 0 Å². The highest BCUT2D eigenvalue weighted by molar-refractivity contribution is 4.99. The fourth-order valence-corrected chi connectivity index (χ4v) is 2.85. The summed E-state index contributed by atoms with van der Waals surface area (Å²) >= 11 is 0. The number of hydrogen-bond donors (Lipinski definition) is 0. The first kappa shape index (κ1) is 11.7. The van der Waals surface area contributed by atoms with E-state index < -0.39 is 0 Å². The van der Waals surface area contributed by atoms with Gasteiger partial charge in [0.15, 0.2) is 0 Å². The zero-order valence-corrected chi connectivity index (χ0v) is 9.59. The van der Waals surface area contributed by atoms with Crippen LogP contribution in [0.15, 0.2) is 13.2 Å². The summed E-state index contributed by atoms with van der Waals surface area (Å²) < 4.78 is 5.43. The van der Waals surface area contributed by atoms with Crippen molar-refractivity contribution in [2.75, 3.05) is 26.8 Å². The summed E-state index contributed by atoms with van der Waals surface area (Å²) in [5.41, 5.74) is 0.498. The molecule has 2 aliphatic heterocycles. The van der Waals surface area contributed by atoms with Crippen LogP contribution in [0.4, 0.5) is 0 Å². The Kier molecular flexibility index (Phi) is 4.14. The molecule has 14 heavy (non-hydrogen) atoms. The summed E-state index contributed by atoms with van der Waals surface area (Å²) in [5, 5.41) is 0. The Balaban J connectivity index is 0.000000461. The largest absolute Gasteiger partial charge is 0.381 e. The second kappa shape index (κ2) is 4.94. The van der Waals surface area contributed by atoms with Gasteiger partial charge in [0, 0.05) is 18.8 Å². The standard InChI is InChI=1S/C10H19NO.C2H4/c1-9-3-6-11(2)10(9)4-7-12-8-5-10;1-2/h9H,3-8H2,1-2H3;1-2H2. The molecule has 1 unspecified atom stereocenters. The fraction of sp³-hybridized carbons (Fsp3) is 0.833. The van der Waals surface area contributed by atoms with Gasteiger partial charge in [0.1, 0.15) is 0 Å². The number of nitrogens with zero attached hydrogens (tertiary/aromatic N) is 1. The highest BCUT2D eigenvalue weighted by Crippen LogP contribution is 2.40. The minimum Gasteiger partial charge on any atom is -0.381 e. The van der Waals surface area contributed by atoms with Crippen LogP contribution in [0.5, 0.6) is 0 Å². The highest BCUT2D eigenvalue weighted by Gasteiger charge is 2.44. The van der Waals surface area contributed by atoms with Crippen molar-refractivity contribution >= 4 is 0 Å². The summed E-state index contributed by atoms with van der Waals surface area (Å²) in [4.78, 5) is 2.56. The first-order valence-corrected chi connectivity index (χ1v) is 5.55. The third-order valence-corrected chi connectivity index (χ3v) is 3.93. The van der Waals surface area contributed by atoms with Gasteiger partial charge in [-0.3, -0.25) is 0 Å². The zero-order valence-electron chi connectivity index (χ0n) is 9.59. The van der Waals surface area contributed by atoms with E-state index in [2.05, 4.69) is 32.0 Å². The Morgan fingerprint density at radius 2 is 1.86 bits per heavy atom. The monoisotopic (exact) mass is 197 g/mol. The van der Waals surface area contributed by atoms with Crippen molar-refractivity contribution in [1.29, 1.82) is 0 Å². The van der Waals surface area contributed by atoms with E-state index in [1.807, 2.05) is 0 Å². The van der Waals surface area contributed by atoms with E-state index in [4.69, 9.17) is 4.74 Å². The Bertz CT molecular complexity index is 163. The van der Waals surface area contributed by atoms with Gasteiger partial charge in [0.2, 0.25) is 0 Å². The predicted molar refractivity (Wildman–Crippen MR) is 60.4 cm³/mol. The molecule has 2 fully saturated rings. The predicted octanol–water partition coefficient (Wildman–Crippen LogP) is 2.31. The maximum absolute atomic E-state index is 5.43. The van der Waals surface area contributed by atoms with Gasteiger partial charge in [0.25, 0.3) is 0 Å². The molecule has 1 atom stereocenters. The molecule has 2 heteroatoms. The van der Waals surface area contributed by atoms with Crippen molar-refractivity contribution in [1.82, 2.24) is 4.90 Å². The maximum atomic E-state index is 5.43. The molecule has 2 saturated heterocycles. The Morgan fingerprint density at radius 1 is 1.29 bits per heavy atom. The molecule has 0 saturated carbocycles. The first-order valence-electron chi connectivity index (χ1n) is 5.55. The molecule has 0 aromatic rings. The maximum Gasteiger partial charge on any atom is 0.0483 e. The molecule has 0 aliphatic carbocycles. The van der Waals surface area contributed by atoms with Crippen molar-refractivity contribution in [2.24, 2.45) is 5.92 Å². The van der Waals surface area contributed by atoms with Gasteiger partial charge in [-0.2, -0.15) is 0 Å². The average molecular weight is 197 g/mol. The van der Waals surface area contributed by atoms with Gasteiger partial charge in [-0.15, -0.1) is 13.2 Å². The van der Waals surface area contributed by atoms with Gasteiger partial charge in [0.05, 0.1) is 0 Å². The van der Waals surface area contributed by atoms with Crippen LogP contribution >= 0.6 is 0 Å².